The first kappa shape index (κ1) is 23.4. The first-order valence-corrected chi connectivity index (χ1v) is 11.6. The molecule has 2 aromatic heterocycles. The molecule has 2 heterocycles. The number of hydrogen-bond donors (Lipinski definition) is 0. The summed E-state index contributed by atoms with van der Waals surface area (Å²) >= 11 is 2.93. The highest BCUT2D eigenvalue weighted by Gasteiger charge is 2.24. The molecule has 0 saturated heterocycles. The molecule has 1 amide bonds. The number of carbonyl (C=O) groups is 1. The van der Waals surface area contributed by atoms with Gasteiger partial charge in [0.2, 0.25) is 0 Å². The molecule has 4 rings (SSSR count). The van der Waals surface area contributed by atoms with Crippen LogP contribution in [0.3, 0.4) is 0 Å². The fourth-order valence-electron chi connectivity index (χ4n) is 3.28. The van der Waals surface area contributed by atoms with E-state index in [0.717, 1.165) is 45.8 Å². The first-order valence-electron chi connectivity index (χ1n) is 9.97. The Kier molecular flexibility index (Phi) is 7.83. The number of para-hydroxylation sites is 1. The van der Waals surface area contributed by atoms with Crippen LogP contribution in [0.4, 0.5) is 5.13 Å². The van der Waals surface area contributed by atoms with Gasteiger partial charge in [0.15, 0.2) is 10.1 Å². The van der Waals surface area contributed by atoms with Gasteiger partial charge in [-0.25, -0.2) is 9.97 Å². The number of benzene rings is 2. The van der Waals surface area contributed by atoms with Gasteiger partial charge >= 0.3 is 0 Å². The Balaban J connectivity index is 0.00000272. The number of hydrogen-bond acceptors (Lipinski definition) is 7. The van der Waals surface area contributed by atoms with Crippen molar-refractivity contribution in [2.75, 3.05) is 38.2 Å². The van der Waals surface area contributed by atoms with Crippen molar-refractivity contribution < 1.29 is 9.53 Å². The molecule has 0 fully saturated rings. The maximum atomic E-state index is 13.5. The Morgan fingerprint density at radius 1 is 0.968 bits per heavy atom. The SMILES string of the molecule is CCN(CC)CCN(C(=O)c1nc2ccccc2s1)c1nc2ccc(OC)cc2s1.Cl. The van der Waals surface area contributed by atoms with Crippen molar-refractivity contribution in [3.63, 3.8) is 0 Å². The standard InChI is InChI=1S/C22H24N4O2S2.ClH/c1-4-25(5-2)12-13-26(21(27)20-23-16-8-6-7-9-18(16)29-20)22-24-17-11-10-15(28-3)14-19(17)30-22;/h6-11,14H,4-5,12-13H2,1-3H3;1H. The molecule has 164 valence electrons. The Bertz CT molecular complexity index is 1140. The Morgan fingerprint density at radius 3 is 2.42 bits per heavy atom. The van der Waals surface area contributed by atoms with Crippen molar-refractivity contribution in [3.8, 4) is 5.75 Å². The summed E-state index contributed by atoms with van der Waals surface area (Å²) in [6, 6.07) is 13.6. The number of anilines is 1. The topological polar surface area (TPSA) is 58.6 Å². The molecule has 31 heavy (non-hydrogen) atoms. The average Bonchev–Trinajstić information content (AvgIpc) is 3.39. The third-order valence-corrected chi connectivity index (χ3v) is 7.14. The Labute approximate surface area is 195 Å². The molecule has 0 unspecified atom stereocenters. The van der Waals surface area contributed by atoms with E-state index < -0.39 is 0 Å². The third-order valence-electron chi connectivity index (χ3n) is 5.07. The van der Waals surface area contributed by atoms with Gasteiger partial charge < -0.3 is 9.64 Å². The minimum Gasteiger partial charge on any atom is -0.497 e. The Morgan fingerprint density at radius 2 is 1.71 bits per heavy atom. The van der Waals surface area contributed by atoms with Crippen LogP contribution >= 0.6 is 35.1 Å². The molecule has 2 aromatic carbocycles. The lowest BCUT2D eigenvalue weighted by molar-refractivity contribution is 0.0983. The summed E-state index contributed by atoms with van der Waals surface area (Å²) in [5.41, 5.74) is 1.71. The number of aromatic nitrogens is 2. The summed E-state index contributed by atoms with van der Waals surface area (Å²) in [5, 5.41) is 1.18. The zero-order valence-corrected chi connectivity index (χ0v) is 20.1. The maximum Gasteiger partial charge on any atom is 0.289 e. The fraction of sp³-hybridized carbons (Fsp3) is 0.318. The van der Waals surface area contributed by atoms with Crippen molar-refractivity contribution in [1.29, 1.82) is 0 Å². The smallest absolute Gasteiger partial charge is 0.289 e. The number of likely N-dealkylation sites (N-methyl/N-ethyl adjacent to an activating group) is 1. The van der Waals surface area contributed by atoms with Crippen LogP contribution < -0.4 is 9.64 Å². The maximum absolute atomic E-state index is 13.5. The molecule has 0 aliphatic rings. The summed E-state index contributed by atoms with van der Waals surface area (Å²) in [4.78, 5) is 26.9. The lowest BCUT2D eigenvalue weighted by Crippen LogP contribution is -2.38. The molecule has 0 saturated carbocycles. The predicted molar refractivity (Wildman–Crippen MR) is 133 cm³/mol. The molecule has 0 atom stereocenters. The van der Waals surface area contributed by atoms with E-state index >= 15 is 0 Å². The highest BCUT2D eigenvalue weighted by atomic mass is 35.5. The van der Waals surface area contributed by atoms with Crippen LogP contribution in [0.5, 0.6) is 5.75 Å². The van der Waals surface area contributed by atoms with Gasteiger partial charge in [-0.3, -0.25) is 9.69 Å². The van der Waals surface area contributed by atoms with Gasteiger partial charge in [0, 0.05) is 13.1 Å². The molecule has 0 bridgehead atoms. The first-order chi connectivity index (χ1) is 14.6. The zero-order chi connectivity index (χ0) is 21.1. The number of methoxy groups -OCH3 is 1. The summed E-state index contributed by atoms with van der Waals surface area (Å²) in [6.07, 6.45) is 0. The normalized spacial score (nSPS) is 11.1. The zero-order valence-electron chi connectivity index (χ0n) is 17.7. The summed E-state index contributed by atoms with van der Waals surface area (Å²) in [5.74, 6) is 0.680. The molecule has 9 heteroatoms. The second kappa shape index (κ2) is 10.4. The van der Waals surface area contributed by atoms with E-state index in [1.165, 1.54) is 22.7 Å². The molecule has 0 spiro atoms. The number of halogens is 1. The van der Waals surface area contributed by atoms with Gasteiger partial charge in [0.05, 0.1) is 27.5 Å². The van der Waals surface area contributed by atoms with Gasteiger partial charge in [-0.2, -0.15) is 0 Å². The van der Waals surface area contributed by atoms with Crippen LogP contribution in [-0.2, 0) is 0 Å². The third kappa shape index (κ3) is 4.98. The van der Waals surface area contributed by atoms with E-state index in [-0.39, 0.29) is 18.3 Å². The van der Waals surface area contributed by atoms with Gasteiger partial charge in [0.1, 0.15) is 5.75 Å². The van der Waals surface area contributed by atoms with Gasteiger partial charge in [0.25, 0.3) is 5.91 Å². The van der Waals surface area contributed by atoms with Crippen molar-refractivity contribution >= 4 is 66.6 Å². The van der Waals surface area contributed by atoms with Crippen LogP contribution in [0, 0.1) is 0 Å². The molecule has 6 nitrogen and oxygen atoms in total. The van der Waals surface area contributed by atoms with Crippen molar-refractivity contribution in [1.82, 2.24) is 14.9 Å². The summed E-state index contributed by atoms with van der Waals surface area (Å²) in [7, 11) is 1.65. The fourth-order valence-corrected chi connectivity index (χ4v) is 5.21. The van der Waals surface area contributed by atoms with Crippen LogP contribution in [-0.4, -0.2) is 54.1 Å². The summed E-state index contributed by atoms with van der Waals surface area (Å²) < 4.78 is 7.34. The molecule has 0 aliphatic carbocycles. The highest BCUT2D eigenvalue weighted by Crippen LogP contribution is 2.33. The van der Waals surface area contributed by atoms with E-state index in [1.54, 1.807) is 12.0 Å². The number of fused-ring (bicyclic) bond motifs is 2. The molecule has 0 aliphatic heterocycles. The number of amides is 1. The van der Waals surface area contributed by atoms with Gasteiger partial charge in [-0.15, -0.1) is 23.7 Å². The highest BCUT2D eigenvalue weighted by molar-refractivity contribution is 7.23. The average molecular weight is 477 g/mol. The van der Waals surface area contributed by atoms with Crippen LogP contribution in [0.15, 0.2) is 42.5 Å². The van der Waals surface area contributed by atoms with Crippen molar-refractivity contribution in [3.05, 3.63) is 47.5 Å². The van der Waals surface area contributed by atoms with Crippen LogP contribution in [0.25, 0.3) is 20.4 Å². The number of nitrogens with zero attached hydrogens (tertiary/aromatic N) is 4. The lowest BCUT2D eigenvalue weighted by Gasteiger charge is -2.24. The number of ether oxygens (including phenoxy) is 1. The second-order valence-electron chi connectivity index (χ2n) is 6.80. The summed E-state index contributed by atoms with van der Waals surface area (Å²) in [6.45, 7) is 7.49. The molecular formula is C22H25ClN4O2S2. The number of rotatable bonds is 8. The Hall–Kier alpha value is -2.26. The molecule has 4 aromatic rings. The van der Waals surface area contributed by atoms with Crippen molar-refractivity contribution in [2.45, 2.75) is 13.8 Å². The van der Waals surface area contributed by atoms with E-state index in [2.05, 4.69) is 23.7 Å². The predicted octanol–water partition coefficient (Wildman–Crippen LogP) is 5.33. The quantitative estimate of drug-likeness (QED) is 0.344. The van der Waals surface area contributed by atoms with E-state index in [0.29, 0.717) is 16.7 Å². The molecular weight excluding hydrogens is 452 g/mol. The molecule has 0 N–H and O–H groups in total. The van der Waals surface area contributed by atoms with E-state index in [4.69, 9.17) is 9.72 Å². The lowest BCUT2D eigenvalue weighted by atomic mass is 10.3. The van der Waals surface area contributed by atoms with Gasteiger partial charge in [-0.1, -0.05) is 37.3 Å². The van der Waals surface area contributed by atoms with E-state index in [1.807, 2.05) is 42.5 Å². The number of carbonyl (C=O) groups excluding carboxylic acids is 1. The largest absolute Gasteiger partial charge is 0.497 e. The van der Waals surface area contributed by atoms with Crippen molar-refractivity contribution in [2.24, 2.45) is 0 Å². The minimum absolute atomic E-state index is 0. The monoisotopic (exact) mass is 476 g/mol. The molecule has 0 radical (unpaired) electrons. The van der Waals surface area contributed by atoms with Crippen LogP contribution in [0.1, 0.15) is 23.6 Å². The van der Waals surface area contributed by atoms with Crippen LogP contribution in [0.2, 0.25) is 0 Å². The second-order valence-corrected chi connectivity index (χ2v) is 8.84. The number of thiazole rings is 2. The van der Waals surface area contributed by atoms with Gasteiger partial charge in [-0.05, 0) is 43.4 Å². The van der Waals surface area contributed by atoms with E-state index in [9.17, 15) is 4.79 Å². The minimum atomic E-state index is -0.102.